The second kappa shape index (κ2) is 2.52. The van der Waals surface area contributed by atoms with Crippen molar-refractivity contribution in [3.63, 3.8) is 0 Å². The fourth-order valence-corrected chi connectivity index (χ4v) is 0.987. The van der Waals surface area contributed by atoms with Crippen LogP contribution in [0.2, 0.25) is 0 Å². The molecule has 0 aromatic rings. The largest absolute Gasteiger partial charge is 0.481 e. The molecule has 0 aromatic carbocycles. The fraction of sp³-hybridized carbons (Fsp3) is 0.750. The molecule has 0 aliphatic carbocycles. The highest BCUT2D eigenvalue weighted by Gasteiger charge is 2.20. The Morgan fingerprint density at radius 1 is 1.60 bits per heavy atom. The lowest BCUT2D eigenvalue weighted by Crippen LogP contribution is -2.16. The predicted octanol–water partition coefficient (Wildman–Crippen LogP) is 2.22. The molecule has 0 amide bonds. The summed E-state index contributed by atoms with van der Waals surface area (Å²) in [6.07, 6.45) is 3.73. The van der Waals surface area contributed by atoms with E-state index in [0.717, 1.165) is 12.8 Å². The van der Waals surface area contributed by atoms with Crippen LogP contribution in [0.15, 0.2) is 12.0 Å². The third-order valence-corrected chi connectivity index (χ3v) is 1.75. The van der Waals surface area contributed by atoms with Crippen LogP contribution in [-0.4, -0.2) is 11.7 Å². The third kappa shape index (κ3) is 1.94. The first-order valence-electron chi connectivity index (χ1n) is 3.62. The Bertz CT molecular complexity index is 147. The van der Waals surface area contributed by atoms with Gasteiger partial charge >= 0.3 is 0 Å². The van der Waals surface area contributed by atoms with Gasteiger partial charge in [0.05, 0.1) is 6.61 Å². The number of ether oxygens (including phenoxy) is 1. The van der Waals surface area contributed by atoms with Gasteiger partial charge < -0.3 is 9.84 Å². The van der Waals surface area contributed by atoms with E-state index >= 15 is 0 Å². The van der Waals surface area contributed by atoms with E-state index in [2.05, 4.69) is 13.8 Å². The zero-order valence-electron chi connectivity index (χ0n) is 6.55. The van der Waals surface area contributed by atoms with Crippen molar-refractivity contribution in [2.24, 2.45) is 5.41 Å². The average Bonchev–Trinajstić information content (AvgIpc) is 1.94. The summed E-state index contributed by atoms with van der Waals surface area (Å²) >= 11 is 0. The van der Waals surface area contributed by atoms with Crippen molar-refractivity contribution >= 4 is 0 Å². The molecule has 1 heterocycles. The molecular formula is C8H14O2. The highest BCUT2D eigenvalue weighted by molar-refractivity contribution is 4.88. The minimum Gasteiger partial charge on any atom is -0.481 e. The van der Waals surface area contributed by atoms with Gasteiger partial charge in [-0.2, -0.15) is 0 Å². The highest BCUT2D eigenvalue weighted by atomic mass is 16.6. The number of allylic oxidation sites excluding steroid dienone is 1. The fourth-order valence-electron chi connectivity index (χ4n) is 0.987. The zero-order chi connectivity index (χ0) is 7.61. The Kier molecular flexibility index (Phi) is 1.88. The summed E-state index contributed by atoms with van der Waals surface area (Å²) in [4.78, 5) is 0. The van der Waals surface area contributed by atoms with E-state index in [1.54, 1.807) is 6.08 Å². The lowest BCUT2D eigenvalue weighted by Gasteiger charge is -2.20. The van der Waals surface area contributed by atoms with E-state index in [4.69, 9.17) is 9.84 Å². The van der Waals surface area contributed by atoms with Crippen molar-refractivity contribution in [3.05, 3.63) is 12.0 Å². The van der Waals surface area contributed by atoms with Gasteiger partial charge in [-0.05, 0) is 24.3 Å². The second-order valence-corrected chi connectivity index (χ2v) is 3.53. The molecule has 0 atom stereocenters. The van der Waals surface area contributed by atoms with Crippen LogP contribution >= 0.6 is 0 Å². The molecule has 2 heteroatoms. The number of aliphatic hydroxyl groups is 1. The standard InChI is InChI=1S/C8H14O2/c1-8(2)5-3-4-7(9)10-6-8/h4,9H,3,5-6H2,1-2H3. The van der Waals surface area contributed by atoms with Gasteiger partial charge in [-0.15, -0.1) is 0 Å². The van der Waals surface area contributed by atoms with Gasteiger partial charge in [-0.3, -0.25) is 0 Å². The highest BCUT2D eigenvalue weighted by Crippen LogP contribution is 2.26. The summed E-state index contributed by atoms with van der Waals surface area (Å²) in [6, 6.07) is 0. The van der Waals surface area contributed by atoms with Crippen LogP contribution in [0.4, 0.5) is 0 Å². The monoisotopic (exact) mass is 142 g/mol. The van der Waals surface area contributed by atoms with E-state index < -0.39 is 0 Å². The average molecular weight is 142 g/mol. The summed E-state index contributed by atoms with van der Waals surface area (Å²) in [5.41, 5.74) is 0.209. The molecule has 0 bridgehead atoms. The molecule has 0 fully saturated rings. The van der Waals surface area contributed by atoms with Gasteiger partial charge in [-0.1, -0.05) is 13.8 Å². The van der Waals surface area contributed by atoms with E-state index in [-0.39, 0.29) is 11.4 Å². The minimum absolute atomic E-state index is 0.0885. The molecule has 0 aromatic heterocycles. The molecule has 0 radical (unpaired) electrons. The van der Waals surface area contributed by atoms with Gasteiger partial charge in [0, 0.05) is 0 Å². The Hall–Kier alpha value is -0.660. The Labute approximate surface area is 61.5 Å². The van der Waals surface area contributed by atoms with Crippen molar-refractivity contribution < 1.29 is 9.84 Å². The van der Waals surface area contributed by atoms with Crippen LogP contribution < -0.4 is 0 Å². The van der Waals surface area contributed by atoms with Crippen molar-refractivity contribution in [2.45, 2.75) is 26.7 Å². The van der Waals surface area contributed by atoms with Gasteiger partial charge in [0.15, 0.2) is 0 Å². The summed E-state index contributed by atoms with van der Waals surface area (Å²) in [6.45, 7) is 4.90. The summed E-state index contributed by atoms with van der Waals surface area (Å²) in [7, 11) is 0. The van der Waals surface area contributed by atoms with Crippen molar-refractivity contribution in [2.75, 3.05) is 6.61 Å². The van der Waals surface area contributed by atoms with Crippen LogP contribution in [0.3, 0.4) is 0 Å². The van der Waals surface area contributed by atoms with Crippen LogP contribution in [0, 0.1) is 5.41 Å². The normalized spacial score (nSPS) is 24.4. The van der Waals surface area contributed by atoms with Crippen molar-refractivity contribution in [1.82, 2.24) is 0 Å². The van der Waals surface area contributed by atoms with Crippen LogP contribution in [0.25, 0.3) is 0 Å². The maximum atomic E-state index is 8.96. The second-order valence-electron chi connectivity index (χ2n) is 3.53. The van der Waals surface area contributed by atoms with Gasteiger partial charge in [0.25, 0.3) is 5.95 Å². The Balaban J connectivity index is 2.52. The number of rotatable bonds is 0. The lowest BCUT2D eigenvalue weighted by molar-refractivity contribution is 0.0478. The minimum atomic E-state index is 0.0885. The van der Waals surface area contributed by atoms with Crippen LogP contribution in [0.1, 0.15) is 26.7 Å². The molecule has 1 aliphatic heterocycles. The Morgan fingerprint density at radius 2 is 2.30 bits per heavy atom. The zero-order valence-corrected chi connectivity index (χ0v) is 6.55. The summed E-state index contributed by atoms with van der Waals surface area (Å²) in [5, 5.41) is 8.96. The molecule has 0 saturated carbocycles. The number of hydrogen-bond donors (Lipinski definition) is 1. The van der Waals surface area contributed by atoms with Crippen molar-refractivity contribution in [1.29, 1.82) is 0 Å². The molecule has 0 unspecified atom stereocenters. The molecule has 0 spiro atoms. The molecule has 58 valence electrons. The van der Waals surface area contributed by atoms with Crippen molar-refractivity contribution in [3.8, 4) is 0 Å². The first-order valence-corrected chi connectivity index (χ1v) is 3.62. The quantitative estimate of drug-likeness (QED) is 0.562. The Morgan fingerprint density at radius 3 is 3.00 bits per heavy atom. The molecule has 1 rings (SSSR count). The van der Waals surface area contributed by atoms with Gasteiger partial charge in [0.2, 0.25) is 0 Å². The summed E-state index contributed by atoms with van der Waals surface area (Å²) in [5.74, 6) is 0.0885. The van der Waals surface area contributed by atoms with Crippen LogP contribution in [-0.2, 0) is 4.74 Å². The SMILES string of the molecule is CC1(C)CCC=C(O)OC1. The molecule has 0 saturated heterocycles. The molecule has 2 nitrogen and oxygen atoms in total. The number of hydrogen-bond acceptors (Lipinski definition) is 2. The maximum Gasteiger partial charge on any atom is 0.272 e. The molecule has 1 N–H and O–H groups in total. The molecular weight excluding hydrogens is 128 g/mol. The van der Waals surface area contributed by atoms with E-state index in [0.29, 0.717) is 6.61 Å². The molecule has 10 heavy (non-hydrogen) atoms. The maximum absolute atomic E-state index is 8.96. The van der Waals surface area contributed by atoms with E-state index in [1.807, 2.05) is 0 Å². The third-order valence-electron chi connectivity index (χ3n) is 1.75. The lowest BCUT2D eigenvalue weighted by atomic mass is 9.89. The van der Waals surface area contributed by atoms with E-state index in [1.165, 1.54) is 0 Å². The van der Waals surface area contributed by atoms with E-state index in [9.17, 15) is 0 Å². The smallest absolute Gasteiger partial charge is 0.272 e. The number of aliphatic hydroxyl groups excluding tert-OH is 1. The van der Waals surface area contributed by atoms with Gasteiger partial charge in [0.1, 0.15) is 0 Å². The first-order chi connectivity index (χ1) is 4.60. The first kappa shape index (κ1) is 7.45. The predicted molar refractivity (Wildman–Crippen MR) is 39.7 cm³/mol. The molecule has 1 aliphatic rings. The summed E-state index contributed by atoms with van der Waals surface area (Å²) < 4.78 is 5.03. The van der Waals surface area contributed by atoms with Crippen LogP contribution in [0.5, 0.6) is 0 Å². The topological polar surface area (TPSA) is 29.5 Å². The van der Waals surface area contributed by atoms with Gasteiger partial charge in [-0.25, -0.2) is 0 Å².